The number of nitrogens with one attached hydrogen (secondary N) is 3. The van der Waals surface area contributed by atoms with Gasteiger partial charge in [-0.2, -0.15) is 0 Å². The highest BCUT2D eigenvalue weighted by atomic mass is 127. The van der Waals surface area contributed by atoms with E-state index in [0.717, 1.165) is 12.5 Å². The Morgan fingerprint density at radius 1 is 1.03 bits per heavy atom. The van der Waals surface area contributed by atoms with Crippen molar-refractivity contribution in [2.45, 2.75) is 24.0 Å². The van der Waals surface area contributed by atoms with Crippen LogP contribution in [0.15, 0.2) is 64.5 Å². The normalized spacial score (nSPS) is 11.9. The summed E-state index contributed by atoms with van der Waals surface area (Å²) in [6.45, 7) is 6.67. The topological polar surface area (TPSA) is 85.8 Å². The van der Waals surface area contributed by atoms with E-state index in [1.165, 1.54) is 17.0 Å². The lowest BCUT2D eigenvalue weighted by molar-refractivity contribution is 0.0954. The summed E-state index contributed by atoms with van der Waals surface area (Å²) in [6.07, 6.45) is 0. The maximum atomic E-state index is 12.0. The molecule has 158 valence electrons. The number of phenols is 1. The van der Waals surface area contributed by atoms with Gasteiger partial charge in [0.15, 0.2) is 5.96 Å². The van der Waals surface area contributed by atoms with Crippen LogP contribution in [0, 0.1) is 0 Å². The number of hydrogen-bond acceptors (Lipinski definition) is 4. The maximum Gasteiger partial charge on any atom is 0.251 e. The molecule has 1 unspecified atom stereocenters. The summed E-state index contributed by atoms with van der Waals surface area (Å²) in [7, 11) is 0. The molecule has 0 saturated heterocycles. The number of aromatic hydroxyl groups is 1. The first-order chi connectivity index (χ1) is 13.6. The van der Waals surface area contributed by atoms with Crippen LogP contribution in [0.3, 0.4) is 0 Å². The molecule has 0 heterocycles. The third-order valence-electron chi connectivity index (χ3n) is 3.76. The number of guanidine groups is 1. The van der Waals surface area contributed by atoms with E-state index < -0.39 is 0 Å². The van der Waals surface area contributed by atoms with Crippen molar-refractivity contribution in [1.82, 2.24) is 16.0 Å². The molecule has 0 aliphatic heterocycles. The van der Waals surface area contributed by atoms with Crippen LogP contribution in [0.2, 0.25) is 0 Å². The molecule has 0 bridgehead atoms. The van der Waals surface area contributed by atoms with E-state index in [1.807, 2.05) is 25.1 Å². The third kappa shape index (κ3) is 9.89. The molecule has 2 aromatic rings. The number of aliphatic imine (C=N–C) groups is 1. The molecule has 0 saturated carbocycles. The van der Waals surface area contributed by atoms with Gasteiger partial charge in [0.1, 0.15) is 5.75 Å². The Morgan fingerprint density at radius 3 is 2.34 bits per heavy atom. The zero-order valence-electron chi connectivity index (χ0n) is 16.7. The van der Waals surface area contributed by atoms with Gasteiger partial charge >= 0.3 is 0 Å². The average molecular weight is 528 g/mol. The predicted molar refractivity (Wildman–Crippen MR) is 132 cm³/mol. The molecular weight excluding hydrogens is 499 g/mol. The molecule has 1 atom stereocenters. The van der Waals surface area contributed by atoms with Crippen molar-refractivity contribution in [3.63, 3.8) is 0 Å². The van der Waals surface area contributed by atoms with Crippen LogP contribution in [0.1, 0.15) is 24.2 Å². The number of carbonyl (C=O) groups excluding carboxylic acids is 1. The molecule has 1 amide bonds. The minimum atomic E-state index is -0.170. The highest BCUT2D eigenvalue weighted by molar-refractivity contribution is 14.0. The number of hydrogen-bond donors (Lipinski definition) is 4. The number of carbonyl (C=O) groups is 1. The quantitative estimate of drug-likeness (QED) is 0.132. The molecule has 0 fully saturated rings. The molecule has 4 N–H and O–H groups in total. The van der Waals surface area contributed by atoms with Gasteiger partial charge in [0.2, 0.25) is 0 Å². The predicted octanol–water partition coefficient (Wildman–Crippen LogP) is 3.48. The number of phenolic OH excluding ortho intramolecular Hbond substituents is 1. The first kappa shape index (κ1) is 25.1. The van der Waals surface area contributed by atoms with E-state index >= 15 is 0 Å². The molecule has 2 rings (SSSR count). The van der Waals surface area contributed by atoms with E-state index in [-0.39, 0.29) is 35.6 Å². The summed E-state index contributed by atoms with van der Waals surface area (Å²) >= 11 is 1.80. The highest BCUT2D eigenvalue weighted by Gasteiger charge is 2.06. The van der Waals surface area contributed by atoms with Crippen molar-refractivity contribution in [2.24, 2.45) is 4.99 Å². The minimum absolute atomic E-state index is 0. The van der Waals surface area contributed by atoms with Crippen molar-refractivity contribution in [2.75, 3.05) is 26.2 Å². The summed E-state index contributed by atoms with van der Waals surface area (Å²) in [5.41, 5.74) is 0.519. The fourth-order valence-corrected chi connectivity index (χ4v) is 3.33. The Kier molecular flexibility index (Phi) is 12.2. The highest BCUT2D eigenvalue weighted by Crippen LogP contribution is 2.22. The molecule has 8 heteroatoms. The van der Waals surface area contributed by atoms with Gasteiger partial charge in [-0.25, -0.2) is 0 Å². The number of amides is 1. The molecule has 6 nitrogen and oxygen atoms in total. The Labute approximate surface area is 194 Å². The summed E-state index contributed by atoms with van der Waals surface area (Å²) in [5, 5.41) is 18.9. The minimum Gasteiger partial charge on any atom is -0.508 e. The molecular formula is C21H29IN4O2S. The first-order valence-electron chi connectivity index (χ1n) is 9.39. The molecule has 0 aromatic heterocycles. The van der Waals surface area contributed by atoms with Crippen molar-refractivity contribution in [3.8, 4) is 5.75 Å². The Bertz CT molecular complexity index is 757. The van der Waals surface area contributed by atoms with Gasteiger partial charge in [-0.05, 0) is 43.3 Å². The number of nitrogens with zero attached hydrogens (tertiary/aromatic N) is 1. The van der Waals surface area contributed by atoms with Gasteiger partial charge in [-0.1, -0.05) is 25.1 Å². The summed E-state index contributed by atoms with van der Waals surface area (Å²) in [4.78, 5) is 17.9. The second kappa shape index (κ2) is 14.1. The molecule has 29 heavy (non-hydrogen) atoms. The molecule has 2 aromatic carbocycles. The largest absolute Gasteiger partial charge is 0.508 e. The molecule has 0 aliphatic carbocycles. The zero-order chi connectivity index (χ0) is 20.2. The lowest BCUT2D eigenvalue weighted by Gasteiger charge is -2.14. The summed E-state index contributed by atoms with van der Waals surface area (Å²) in [6, 6.07) is 16.5. The lowest BCUT2D eigenvalue weighted by atomic mass is 10.2. The van der Waals surface area contributed by atoms with Gasteiger partial charge in [0, 0.05) is 35.3 Å². The number of rotatable bonds is 9. The van der Waals surface area contributed by atoms with Crippen molar-refractivity contribution >= 4 is 47.6 Å². The zero-order valence-corrected chi connectivity index (χ0v) is 19.9. The van der Waals surface area contributed by atoms with Crippen LogP contribution in [0.4, 0.5) is 0 Å². The average Bonchev–Trinajstić information content (AvgIpc) is 2.70. The maximum absolute atomic E-state index is 12.0. The Hall–Kier alpha value is -1.94. The number of thioether (sulfide) groups is 1. The second-order valence-corrected chi connectivity index (χ2v) is 7.70. The van der Waals surface area contributed by atoms with Crippen molar-refractivity contribution in [3.05, 3.63) is 60.2 Å². The van der Waals surface area contributed by atoms with Crippen LogP contribution in [0.5, 0.6) is 5.75 Å². The van der Waals surface area contributed by atoms with Gasteiger partial charge in [0.05, 0.1) is 6.54 Å². The van der Waals surface area contributed by atoms with Crippen LogP contribution in [0.25, 0.3) is 0 Å². The third-order valence-corrected chi connectivity index (χ3v) is 4.86. The monoisotopic (exact) mass is 528 g/mol. The standard InChI is InChI=1S/C21H28N4O2S.HI/c1-3-22-21(25-15-16(2)28-19-7-5-4-6-8-19)24-14-13-23-20(27)17-9-11-18(26)12-10-17;/h4-12,16,26H,3,13-15H2,1-2H3,(H,23,27)(H2,22,24,25);1H. The first-order valence-corrected chi connectivity index (χ1v) is 10.3. The number of halogens is 1. The summed E-state index contributed by atoms with van der Waals surface area (Å²) in [5.74, 6) is 0.711. The van der Waals surface area contributed by atoms with Crippen LogP contribution >= 0.6 is 35.7 Å². The molecule has 0 radical (unpaired) electrons. The van der Waals surface area contributed by atoms with Gasteiger partial charge in [-0.3, -0.25) is 9.79 Å². The van der Waals surface area contributed by atoms with Gasteiger partial charge < -0.3 is 21.1 Å². The van der Waals surface area contributed by atoms with Gasteiger partial charge in [-0.15, -0.1) is 35.7 Å². The Balaban J connectivity index is 0.00000420. The smallest absolute Gasteiger partial charge is 0.251 e. The van der Waals surface area contributed by atoms with E-state index in [0.29, 0.717) is 30.4 Å². The van der Waals surface area contributed by atoms with Crippen molar-refractivity contribution < 1.29 is 9.90 Å². The fourth-order valence-electron chi connectivity index (χ4n) is 2.40. The second-order valence-electron chi connectivity index (χ2n) is 6.19. The SMILES string of the molecule is CCNC(=NCC(C)Sc1ccccc1)NCCNC(=O)c1ccc(O)cc1.I. The number of benzene rings is 2. The van der Waals surface area contributed by atoms with Crippen molar-refractivity contribution in [1.29, 1.82) is 0 Å². The van der Waals surface area contributed by atoms with Crippen LogP contribution < -0.4 is 16.0 Å². The fraction of sp³-hybridized carbons (Fsp3) is 0.333. The molecule has 0 spiro atoms. The van der Waals surface area contributed by atoms with Crippen LogP contribution in [-0.2, 0) is 0 Å². The summed E-state index contributed by atoms with van der Waals surface area (Å²) < 4.78 is 0. The van der Waals surface area contributed by atoms with Gasteiger partial charge in [0.25, 0.3) is 5.91 Å². The Morgan fingerprint density at radius 2 is 1.69 bits per heavy atom. The van der Waals surface area contributed by atoms with E-state index in [2.05, 4.69) is 40.0 Å². The molecule has 0 aliphatic rings. The lowest BCUT2D eigenvalue weighted by Crippen LogP contribution is -2.41. The van der Waals surface area contributed by atoms with Crippen LogP contribution in [-0.4, -0.2) is 48.4 Å². The van der Waals surface area contributed by atoms with E-state index in [4.69, 9.17) is 0 Å². The van der Waals surface area contributed by atoms with E-state index in [1.54, 1.807) is 23.9 Å². The van der Waals surface area contributed by atoms with E-state index in [9.17, 15) is 9.90 Å².